The lowest BCUT2D eigenvalue weighted by molar-refractivity contribution is 0.112. The minimum absolute atomic E-state index is 0.307. The summed E-state index contributed by atoms with van der Waals surface area (Å²) in [6.07, 6.45) is 0.658. The molecule has 0 unspecified atom stereocenters. The molecule has 0 N–H and O–H groups in total. The van der Waals surface area contributed by atoms with Crippen LogP contribution in [0, 0.1) is 5.82 Å². The van der Waals surface area contributed by atoms with Crippen molar-refractivity contribution in [3.8, 4) is 0 Å². The summed E-state index contributed by atoms with van der Waals surface area (Å²) >= 11 is 0. The maximum Gasteiger partial charge on any atom is 0.152 e. The zero-order valence-electron chi connectivity index (χ0n) is 10.7. The van der Waals surface area contributed by atoms with Gasteiger partial charge in [0.2, 0.25) is 0 Å². The van der Waals surface area contributed by atoms with Crippen LogP contribution in [0.3, 0.4) is 0 Å². The van der Waals surface area contributed by atoms with Gasteiger partial charge in [-0.3, -0.25) is 4.79 Å². The quantitative estimate of drug-likeness (QED) is 0.663. The van der Waals surface area contributed by atoms with E-state index < -0.39 is 5.82 Å². The van der Waals surface area contributed by atoms with Crippen LogP contribution in [0.25, 0.3) is 0 Å². The van der Waals surface area contributed by atoms with Crippen LogP contribution >= 0.6 is 0 Å². The summed E-state index contributed by atoms with van der Waals surface area (Å²) < 4.78 is 23.8. The van der Waals surface area contributed by atoms with Gasteiger partial charge in [0.1, 0.15) is 5.82 Å². The fourth-order valence-electron chi connectivity index (χ4n) is 1.70. The number of carbonyl (C=O) groups is 1. The van der Waals surface area contributed by atoms with Crippen LogP contribution in [-0.4, -0.2) is 46.8 Å². The number of hydrogen-bond donors (Lipinski definition) is 0. The summed E-state index contributed by atoms with van der Waals surface area (Å²) in [5, 5.41) is 0. The van der Waals surface area contributed by atoms with Crippen molar-refractivity contribution >= 4 is 12.0 Å². The molecule has 18 heavy (non-hydrogen) atoms. The highest BCUT2D eigenvalue weighted by Crippen LogP contribution is 2.23. The number of carbonyl (C=O) groups excluding carboxylic acids is 1. The van der Waals surface area contributed by atoms with Crippen LogP contribution in [0.4, 0.5) is 10.1 Å². The Labute approximate surface area is 106 Å². The van der Waals surface area contributed by atoms with Crippen molar-refractivity contribution in [2.45, 2.75) is 0 Å². The van der Waals surface area contributed by atoms with E-state index in [1.54, 1.807) is 25.2 Å². The molecule has 5 heteroatoms. The summed E-state index contributed by atoms with van der Waals surface area (Å²) in [5.41, 5.74) is 0.642. The summed E-state index contributed by atoms with van der Waals surface area (Å²) in [6.45, 7) is 1.91. The summed E-state index contributed by atoms with van der Waals surface area (Å²) in [4.78, 5) is 12.7. The number of para-hydroxylation sites is 1. The second-order valence-corrected chi connectivity index (χ2v) is 3.77. The van der Waals surface area contributed by atoms with E-state index in [0.717, 1.165) is 0 Å². The molecule has 0 aliphatic heterocycles. The topological polar surface area (TPSA) is 38.8 Å². The number of halogens is 1. The number of aldehydes is 1. The number of rotatable bonds is 8. The van der Waals surface area contributed by atoms with Gasteiger partial charge in [0.05, 0.1) is 18.9 Å². The predicted octanol–water partition coefficient (Wildman–Crippen LogP) is 1.74. The number of hydrogen-bond acceptors (Lipinski definition) is 4. The molecule has 0 atom stereocenters. The number of nitrogens with zero attached hydrogens (tertiary/aromatic N) is 1. The van der Waals surface area contributed by atoms with E-state index >= 15 is 0 Å². The Bertz CT molecular complexity index is 376. The number of anilines is 1. The van der Waals surface area contributed by atoms with Gasteiger partial charge in [-0.25, -0.2) is 4.39 Å². The second-order valence-electron chi connectivity index (χ2n) is 3.77. The number of methoxy groups -OCH3 is 2. The fraction of sp³-hybridized carbons (Fsp3) is 0.462. The van der Waals surface area contributed by atoms with Crippen LogP contribution in [-0.2, 0) is 9.47 Å². The lowest BCUT2D eigenvalue weighted by atomic mass is 10.1. The second kappa shape index (κ2) is 7.79. The minimum atomic E-state index is -0.410. The minimum Gasteiger partial charge on any atom is -0.383 e. The summed E-state index contributed by atoms with van der Waals surface area (Å²) in [6, 6.07) is 4.46. The molecule has 0 spiro atoms. The third-order valence-corrected chi connectivity index (χ3v) is 2.59. The molecule has 1 aromatic carbocycles. The number of ether oxygens (including phenoxy) is 2. The zero-order valence-corrected chi connectivity index (χ0v) is 10.7. The fourth-order valence-corrected chi connectivity index (χ4v) is 1.70. The monoisotopic (exact) mass is 255 g/mol. The van der Waals surface area contributed by atoms with Crippen molar-refractivity contribution in [3.63, 3.8) is 0 Å². The van der Waals surface area contributed by atoms with Gasteiger partial charge in [0.25, 0.3) is 0 Å². The first-order valence-electron chi connectivity index (χ1n) is 5.71. The van der Waals surface area contributed by atoms with Crippen molar-refractivity contribution in [2.75, 3.05) is 45.4 Å². The maximum absolute atomic E-state index is 13.9. The van der Waals surface area contributed by atoms with Crippen LogP contribution < -0.4 is 4.90 Å². The van der Waals surface area contributed by atoms with E-state index in [2.05, 4.69) is 0 Å². The largest absolute Gasteiger partial charge is 0.383 e. The molecular formula is C13H18FNO3. The van der Waals surface area contributed by atoms with Crippen LogP contribution in [0.2, 0.25) is 0 Å². The highest BCUT2D eigenvalue weighted by Gasteiger charge is 2.15. The van der Waals surface area contributed by atoms with Crippen molar-refractivity contribution < 1.29 is 18.7 Å². The van der Waals surface area contributed by atoms with Crippen molar-refractivity contribution in [2.24, 2.45) is 0 Å². The Morgan fingerprint density at radius 3 is 2.33 bits per heavy atom. The molecule has 0 heterocycles. The smallest absolute Gasteiger partial charge is 0.152 e. The molecule has 1 aromatic rings. The molecule has 0 radical (unpaired) electrons. The normalized spacial score (nSPS) is 10.4. The average Bonchev–Trinajstić information content (AvgIpc) is 2.39. The third kappa shape index (κ3) is 3.78. The first-order chi connectivity index (χ1) is 8.74. The van der Waals surface area contributed by atoms with Crippen LogP contribution in [0.15, 0.2) is 18.2 Å². The third-order valence-electron chi connectivity index (χ3n) is 2.59. The van der Waals surface area contributed by atoms with E-state index in [1.165, 1.54) is 12.1 Å². The molecule has 0 amide bonds. The first kappa shape index (κ1) is 14.6. The van der Waals surface area contributed by atoms with Gasteiger partial charge in [-0.2, -0.15) is 0 Å². The lowest BCUT2D eigenvalue weighted by Crippen LogP contribution is -2.32. The molecule has 0 aromatic heterocycles. The van der Waals surface area contributed by atoms with Gasteiger partial charge in [0, 0.05) is 32.9 Å². The Balaban J connectivity index is 2.98. The van der Waals surface area contributed by atoms with E-state index in [0.29, 0.717) is 43.8 Å². The highest BCUT2D eigenvalue weighted by molar-refractivity contribution is 5.84. The van der Waals surface area contributed by atoms with Gasteiger partial charge >= 0.3 is 0 Å². The first-order valence-corrected chi connectivity index (χ1v) is 5.71. The molecule has 0 fully saturated rings. The van der Waals surface area contributed by atoms with Gasteiger partial charge in [0.15, 0.2) is 6.29 Å². The summed E-state index contributed by atoms with van der Waals surface area (Å²) in [7, 11) is 3.16. The van der Waals surface area contributed by atoms with E-state index in [9.17, 15) is 9.18 Å². The van der Waals surface area contributed by atoms with Gasteiger partial charge in [-0.15, -0.1) is 0 Å². The van der Waals surface area contributed by atoms with E-state index in [1.807, 2.05) is 0 Å². The molecule has 1 rings (SSSR count). The van der Waals surface area contributed by atoms with Crippen LogP contribution in [0.5, 0.6) is 0 Å². The standard InChI is InChI=1S/C13H18FNO3/c1-17-8-6-15(7-9-18-2)13-11(10-16)4-3-5-12(13)14/h3-5,10H,6-9H2,1-2H3. The molecule has 0 bridgehead atoms. The maximum atomic E-state index is 13.9. The van der Waals surface area contributed by atoms with Crippen molar-refractivity contribution in [3.05, 3.63) is 29.6 Å². The average molecular weight is 255 g/mol. The molecule has 100 valence electrons. The van der Waals surface area contributed by atoms with Gasteiger partial charge < -0.3 is 14.4 Å². The van der Waals surface area contributed by atoms with Crippen molar-refractivity contribution in [1.29, 1.82) is 0 Å². The van der Waals surface area contributed by atoms with Gasteiger partial charge in [-0.1, -0.05) is 6.07 Å². The molecule has 4 nitrogen and oxygen atoms in total. The SMILES string of the molecule is COCCN(CCOC)c1c(F)cccc1C=O. The lowest BCUT2D eigenvalue weighted by Gasteiger charge is -2.25. The zero-order chi connectivity index (χ0) is 13.4. The van der Waals surface area contributed by atoms with E-state index in [-0.39, 0.29) is 0 Å². The Kier molecular flexibility index (Phi) is 6.32. The highest BCUT2D eigenvalue weighted by atomic mass is 19.1. The number of benzene rings is 1. The molecule has 0 aliphatic rings. The Morgan fingerprint density at radius 2 is 1.83 bits per heavy atom. The Morgan fingerprint density at radius 1 is 1.22 bits per heavy atom. The van der Waals surface area contributed by atoms with Gasteiger partial charge in [-0.05, 0) is 12.1 Å². The molecule has 0 saturated heterocycles. The van der Waals surface area contributed by atoms with Crippen molar-refractivity contribution in [1.82, 2.24) is 0 Å². The van der Waals surface area contributed by atoms with E-state index in [4.69, 9.17) is 9.47 Å². The van der Waals surface area contributed by atoms with Crippen LogP contribution in [0.1, 0.15) is 10.4 Å². The summed E-state index contributed by atoms with van der Waals surface area (Å²) in [5.74, 6) is -0.410. The Hall–Kier alpha value is -1.46. The predicted molar refractivity (Wildman–Crippen MR) is 67.8 cm³/mol. The molecular weight excluding hydrogens is 237 g/mol. The molecule has 0 aliphatic carbocycles. The molecule has 0 saturated carbocycles.